The van der Waals surface area contributed by atoms with Crippen LogP contribution in [0.2, 0.25) is 0 Å². The molecule has 0 spiro atoms. The van der Waals surface area contributed by atoms with E-state index in [1.807, 2.05) is 0 Å². The number of carbonyl (C=O) groups is 1. The number of phenols is 2. The molecule has 0 aliphatic carbocycles. The summed E-state index contributed by atoms with van der Waals surface area (Å²) in [6, 6.07) is 2.81. The number of hydrogen-bond donors (Lipinski definition) is 4. The maximum Gasteiger partial charge on any atom is 0.321 e. The largest absolute Gasteiger partial charge is 0.508 e. The molecule has 1 unspecified atom stereocenters. The molecule has 5 nitrogen and oxygen atoms in total. The topological polar surface area (TPSA) is 104 Å². The number of nitrogens with two attached hydrogens (primary N) is 1. The molecule has 0 heterocycles. The van der Waals surface area contributed by atoms with Gasteiger partial charge in [0, 0.05) is 11.5 Å². The molecular formula is C10H13NO4. The quantitative estimate of drug-likeness (QED) is 0.548. The van der Waals surface area contributed by atoms with Gasteiger partial charge in [-0.15, -0.1) is 0 Å². The Morgan fingerprint density at radius 3 is 2.53 bits per heavy atom. The second kappa shape index (κ2) is 4.18. The molecule has 1 aromatic carbocycles. The number of aliphatic carboxylic acids is 1. The van der Waals surface area contributed by atoms with Crippen molar-refractivity contribution in [3.63, 3.8) is 0 Å². The summed E-state index contributed by atoms with van der Waals surface area (Å²) in [5.41, 5.74) is 5.74. The number of aromatic hydroxyl groups is 2. The average Bonchev–Trinajstić information content (AvgIpc) is 2.19. The van der Waals surface area contributed by atoms with Gasteiger partial charge < -0.3 is 21.1 Å². The first-order valence-electron chi connectivity index (χ1n) is 4.43. The molecule has 0 bridgehead atoms. The highest BCUT2D eigenvalue weighted by Gasteiger charge is 2.23. The van der Waals surface area contributed by atoms with Crippen molar-refractivity contribution in [3.05, 3.63) is 23.8 Å². The fourth-order valence-corrected chi connectivity index (χ4v) is 1.31. The molecular weight excluding hydrogens is 198 g/mol. The molecule has 5 N–H and O–H groups in total. The van der Waals surface area contributed by atoms with Crippen LogP contribution in [0.5, 0.6) is 11.5 Å². The van der Waals surface area contributed by atoms with Crippen LogP contribution in [-0.2, 0) is 4.79 Å². The van der Waals surface area contributed by atoms with Crippen LogP contribution in [0, 0.1) is 0 Å². The Labute approximate surface area is 86.8 Å². The minimum absolute atomic E-state index is 0.0350. The van der Waals surface area contributed by atoms with Crippen LogP contribution in [0.1, 0.15) is 18.4 Å². The fraction of sp³-hybridized carbons (Fsp3) is 0.300. The minimum Gasteiger partial charge on any atom is -0.508 e. The third-order valence-electron chi connectivity index (χ3n) is 2.33. The molecule has 0 saturated carbocycles. The minimum atomic E-state index is -1.15. The van der Waals surface area contributed by atoms with Crippen molar-refractivity contribution in [1.82, 2.24) is 0 Å². The molecule has 0 amide bonds. The Balaban J connectivity index is 3.04. The van der Waals surface area contributed by atoms with E-state index < -0.39 is 17.9 Å². The second-order valence-corrected chi connectivity index (χ2v) is 3.40. The Morgan fingerprint density at radius 1 is 1.40 bits per heavy atom. The summed E-state index contributed by atoms with van der Waals surface area (Å²) in [6.07, 6.45) is 0. The van der Waals surface area contributed by atoms with Crippen LogP contribution in [0.3, 0.4) is 0 Å². The molecule has 5 heteroatoms. The third-order valence-corrected chi connectivity index (χ3v) is 2.33. The lowest BCUT2D eigenvalue weighted by Gasteiger charge is -2.17. The molecule has 0 aliphatic rings. The van der Waals surface area contributed by atoms with Crippen LogP contribution in [0.4, 0.5) is 0 Å². The zero-order chi connectivity index (χ0) is 11.6. The lowest BCUT2D eigenvalue weighted by atomic mass is 9.93. The lowest BCUT2D eigenvalue weighted by Crippen LogP contribution is -2.35. The Hall–Kier alpha value is -1.75. The van der Waals surface area contributed by atoms with Gasteiger partial charge in [-0.1, -0.05) is 6.92 Å². The highest BCUT2D eigenvalue weighted by atomic mass is 16.4. The molecule has 0 fully saturated rings. The molecule has 2 atom stereocenters. The van der Waals surface area contributed by atoms with Crippen molar-refractivity contribution in [2.75, 3.05) is 0 Å². The Morgan fingerprint density at radius 2 is 2.00 bits per heavy atom. The first-order valence-corrected chi connectivity index (χ1v) is 4.43. The van der Waals surface area contributed by atoms with Crippen molar-refractivity contribution in [2.24, 2.45) is 5.73 Å². The third kappa shape index (κ3) is 2.38. The fourth-order valence-electron chi connectivity index (χ4n) is 1.31. The summed E-state index contributed by atoms with van der Waals surface area (Å²) in [5.74, 6) is -1.83. The lowest BCUT2D eigenvalue weighted by molar-refractivity contribution is -0.139. The first kappa shape index (κ1) is 11.3. The molecule has 82 valence electrons. The summed E-state index contributed by atoms with van der Waals surface area (Å²) in [7, 11) is 0. The normalized spacial score (nSPS) is 14.5. The number of carboxylic acids is 1. The number of hydrogen-bond acceptors (Lipinski definition) is 4. The smallest absolute Gasteiger partial charge is 0.321 e. The molecule has 1 rings (SSSR count). The number of benzene rings is 1. The van der Waals surface area contributed by atoms with Gasteiger partial charge in [-0.3, -0.25) is 4.79 Å². The van der Waals surface area contributed by atoms with Crippen LogP contribution in [-0.4, -0.2) is 27.3 Å². The number of carboxylic acid groups (broad SMARTS) is 1. The Bertz CT molecular complexity index is 378. The zero-order valence-electron chi connectivity index (χ0n) is 8.21. The van der Waals surface area contributed by atoms with E-state index in [4.69, 9.17) is 10.8 Å². The van der Waals surface area contributed by atoms with Gasteiger partial charge in [-0.05, 0) is 18.2 Å². The summed E-state index contributed by atoms with van der Waals surface area (Å²) in [5, 5.41) is 27.4. The molecule has 0 aliphatic heterocycles. The highest BCUT2D eigenvalue weighted by molar-refractivity contribution is 5.74. The molecule has 1 aromatic rings. The Kier molecular flexibility index (Phi) is 3.16. The van der Waals surface area contributed by atoms with Gasteiger partial charge in [0.2, 0.25) is 0 Å². The predicted molar refractivity (Wildman–Crippen MR) is 53.8 cm³/mol. The van der Waals surface area contributed by atoms with Gasteiger partial charge in [-0.25, -0.2) is 0 Å². The van der Waals surface area contributed by atoms with Crippen LogP contribution >= 0.6 is 0 Å². The van der Waals surface area contributed by atoms with Crippen LogP contribution < -0.4 is 5.73 Å². The second-order valence-electron chi connectivity index (χ2n) is 3.40. The van der Waals surface area contributed by atoms with E-state index in [-0.39, 0.29) is 11.5 Å². The average molecular weight is 211 g/mol. The summed E-state index contributed by atoms with van der Waals surface area (Å²) < 4.78 is 0. The van der Waals surface area contributed by atoms with E-state index in [0.29, 0.717) is 5.56 Å². The van der Waals surface area contributed by atoms with Gasteiger partial charge in [0.25, 0.3) is 0 Å². The van der Waals surface area contributed by atoms with Crippen molar-refractivity contribution < 1.29 is 20.1 Å². The molecule has 15 heavy (non-hydrogen) atoms. The van der Waals surface area contributed by atoms with Crippen LogP contribution in [0.25, 0.3) is 0 Å². The molecule has 0 radical (unpaired) electrons. The van der Waals surface area contributed by atoms with Gasteiger partial charge >= 0.3 is 5.97 Å². The zero-order valence-corrected chi connectivity index (χ0v) is 8.21. The highest BCUT2D eigenvalue weighted by Crippen LogP contribution is 2.30. The van der Waals surface area contributed by atoms with Crippen molar-refractivity contribution in [1.29, 1.82) is 0 Å². The van der Waals surface area contributed by atoms with E-state index >= 15 is 0 Å². The van der Waals surface area contributed by atoms with E-state index in [9.17, 15) is 15.0 Å². The van der Waals surface area contributed by atoms with Gasteiger partial charge in [0.15, 0.2) is 0 Å². The van der Waals surface area contributed by atoms with E-state index in [2.05, 4.69) is 0 Å². The molecule has 0 saturated heterocycles. The summed E-state index contributed by atoms with van der Waals surface area (Å²) >= 11 is 0. The van der Waals surface area contributed by atoms with E-state index in [1.165, 1.54) is 18.2 Å². The number of rotatable bonds is 3. The van der Waals surface area contributed by atoms with Crippen LogP contribution in [0.15, 0.2) is 18.2 Å². The van der Waals surface area contributed by atoms with E-state index in [0.717, 1.165) is 0 Å². The summed E-state index contributed by atoms with van der Waals surface area (Å²) in [6.45, 7) is 1.58. The van der Waals surface area contributed by atoms with Gasteiger partial charge in [0.05, 0.1) is 0 Å². The number of phenolic OH excluding ortho intramolecular Hbond substituents is 2. The molecule has 0 aromatic heterocycles. The maximum absolute atomic E-state index is 10.6. The summed E-state index contributed by atoms with van der Waals surface area (Å²) in [4.78, 5) is 10.6. The van der Waals surface area contributed by atoms with E-state index in [1.54, 1.807) is 6.92 Å². The first-order chi connectivity index (χ1) is 6.93. The predicted octanol–water partition coefficient (Wildman–Crippen LogP) is 0.613. The van der Waals surface area contributed by atoms with Crippen molar-refractivity contribution in [2.45, 2.75) is 18.9 Å². The SMILES string of the molecule is CC(c1cc(O)ccc1O)[C@H](N)C(=O)O. The van der Waals surface area contributed by atoms with Crippen molar-refractivity contribution in [3.8, 4) is 11.5 Å². The monoisotopic (exact) mass is 211 g/mol. The van der Waals surface area contributed by atoms with Gasteiger partial charge in [0.1, 0.15) is 17.5 Å². The van der Waals surface area contributed by atoms with Crippen molar-refractivity contribution >= 4 is 5.97 Å². The maximum atomic E-state index is 10.6. The van der Waals surface area contributed by atoms with Gasteiger partial charge in [-0.2, -0.15) is 0 Å². The standard InChI is InChI=1S/C10H13NO4/c1-5(9(11)10(14)15)7-4-6(12)2-3-8(7)13/h2-5,9,12-13H,11H2,1H3,(H,14,15)/t5?,9-/m0/s1.